The maximum absolute atomic E-state index is 11.9. The number of rotatable bonds is 7. The van der Waals surface area contributed by atoms with Gasteiger partial charge in [-0.2, -0.15) is 0 Å². The number of carbonyl (C=O) groups is 1. The summed E-state index contributed by atoms with van der Waals surface area (Å²) < 4.78 is 5.94. The zero-order valence-electron chi connectivity index (χ0n) is 16.3. The van der Waals surface area contributed by atoms with Crippen LogP contribution in [0, 0.1) is 5.92 Å². The monoisotopic (exact) mass is 357 g/mol. The van der Waals surface area contributed by atoms with Gasteiger partial charge in [0.15, 0.2) is 0 Å². The fourth-order valence-electron chi connectivity index (χ4n) is 4.58. The highest BCUT2D eigenvalue weighted by Crippen LogP contribution is 2.44. The highest BCUT2D eigenvalue weighted by Gasteiger charge is 2.41. The van der Waals surface area contributed by atoms with E-state index in [1.165, 1.54) is 11.1 Å². The first-order valence-corrected chi connectivity index (χ1v) is 10.2. The van der Waals surface area contributed by atoms with E-state index in [2.05, 4.69) is 30.0 Å². The van der Waals surface area contributed by atoms with E-state index < -0.39 is 11.3 Å². The van der Waals surface area contributed by atoms with Crippen molar-refractivity contribution in [2.45, 2.75) is 63.7 Å². The number of carboxylic acids is 1. The summed E-state index contributed by atoms with van der Waals surface area (Å²) in [6.45, 7) is 5.81. The number of unbranched alkanes of at least 4 members (excludes halogenated alkanes) is 1. The molecule has 2 heterocycles. The molecule has 2 aliphatic rings. The van der Waals surface area contributed by atoms with Crippen molar-refractivity contribution in [3.8, 4) is 5.75 Å². The molecule has 0 saturated carbocycles. The second-order valence-electron chi connectivity index (χ2n) is 8.23. The fraction of sp³-hybridized carbons (Fsp3) is 0.667. The van der Waals surface area contributed by atoms with Crippen molar-refractivity contribution >= 4 is 13.8 Å². The minimum Gasteiger partial charge on any atom is -0.493 e. The number of ether oxygens (including phenoxy) is 1. The molecule has 0 amide bonds. The Morgan fingerprint density at radius 3 is 2.85 bits per heavy atom. The van der Waals surface area contributed by atoms with Crippen LogP contribution in [0.1, 0.15) is 56.6 Å². The molecule has 4 nitrogen and oxygen atoms in total. The number of benzene rings is 1. The van der Waals surface area contributed by atoms with E-state index >= 15 is 0 Å². The summed E-state index contributed by atoms with van der Waals surface area (Å²) in [6.07, 6.45) is 7.01. The van der Waals surface area contributed by atoms with E-state index in [9.17, 15) is 9.90 Å². The Labute approximate surface area is 158 Å². The third kappa shape index (κ3) is 4.08. The predicted molar refractivity (Wildman–Crippen MR) is 107 cm³/mol. The molecule has 142 valence electrons. The van der Waals surface area contributed by atoms with Crippen LogP contribution in [-0.2, 0) is 17.8 Å². The smallest absolute Gasteiger partial charge is 0.301 e. The lowest BCUT2D eigenvalue weighted by atomic mass is 9.56. The summed E-state index contributed by atoms with van der Waals surface area (Å²) in [5.41, 5.74) is 2.62. The molecule has 1 unspecified atom stereocenters. The highest BCUT2D eigenvalue weighted by atomic mass is 16.5. The molecule has 0 spiro atoms. The number of nitrogens with zero attached hydrogens (tertiary/aromatic N) is 1. The number of hydrogen-bond acceptors (Lipinski definition) is 3. The Hall–Kier alpha value is -1.49. The van der Waals surface area contributed by atoms with E-state index in [4.69, 9.17) is 4.74 Å². The maximum atomic E-state index is 11.9. The van der Waals surface area contributed by atoms with E-state index in [1.807, 2.05) is 7.85 Å². The molecule has 0 aromatic heterocycles. The van der Waals surface area contributed by atoms with Crippen LogP contribution in [0.15, 0.2) is 18.2 Å². The molecule has 3 rings (SSSR count). The summed E-state index contributed by atoms with van der Waals surface area (Å²) in [6, 6.07) is 6.50. The molecule has 1 aromatic rings. The summed E-state index contributed by atoms with van der Waals surface area (Å²) in [7, 11) is 1.97. The van der Waals surface area contributed by atoms with Gasteiger partial charge in [-0.15, -0.1) is 0 Å². The lowest BCUT2D eigenvalue weighted by Gasteiger charge is -2.40. The number of aliphatic carboxylic acids is 1. The first-order valence-electron chi connectivity index (χ1n) is 10.2. The van der Waals surface area contributed by atoms with Crippen LogP contribution in [0.4, 0.5) is 0 Å². The zero-order valence-corrected chi connectivity index (χ0v) is 16.3. The quantitative estimate of drug-likeness (QED) is 0.761. The lowest BCUT2D eigenvalue weighted by Crippen LogP contribution is -2.41. The van der Waals surface area contributed by atoms with Gasteiger partial charge in [-0.05, 0) is 56.7 Å². The van der Waals surface area contributed by atoms with Crippen molar-refractivity contribution in [3.05, 3.63) is 29.3 Å². The Morgan fingerprint density at radius 1 is 1.38 bits per heavy atom. The van der Waals surface area contributed by atoms with Gasteiger partial charge in [0.2, 0.25) is 0 Å². The third-order valence-corrected chi connectivity index (χ3v) is 6.44. The Balaban J connectivity index is 1.61. The van der Waals surface area contributed by atoms with Gasteiger partial charge in [0, 0.05) is 17.4 Å². The molecular formula is C21H32BNO3. The largest absolute Gasteiger partial charge is 0.493 e. The number of piperidine rings is 1. The van der Waals surface area contributed by atoms with Crippen molar-refractivity contribution < 1.29 is 14.6 Å². The van der Waals surface area contributed by atoms with Gasteiger partial charge in [-0.1, -0.05) is 38.0 Å². The Morgan fingerprint density at radius 2 is 2.15 bits per heavy atom. The number of fused-ring (bicyclic) bond motifs is 1. The van der Waals surface area contributed by atoms with Crippen molar-refractivity contribution in [2.75, 3.05) is 19.7 Å². The van der Waals surface area contributed by atoms with E-state index in [1.54, 1.807) is 0 Å². The van der Waals surface area contributed by atoms with Crippen LogP contribution in [0.2, 0.25) is 5.31 Å². The van der Waals surface area contributed by atoms with Gasteiger partial charge >= 0.3 is 5.97 Å². The van der Waals surface area contributed by atoms with Crippen molar-refractivity contribution in [1.29, 1.82) is 0 Å². The first kappa shape index (κ1) is 19.3. The summed E-state index contributed by atoms with van der Waals surface area (Å²) in [4.78, 5) is 14.4. The van der Waals surface area contributed by atoms with Gasteiger partial charge in [-0.3, -0.25) is 9.69 Å². The minimum atomic E-state index is -0.616. The molecule has 0 radical (unpaired) electrons. The van der Waals surface area contributed by atoms with E-state index in [-0.39, 0.29) is 5.92 Å². The number of hydrogen-bond donors (Lipinski definition) is 1. The highest BCUT2D eigenvalue weighted by molar-refractivity contribution is 6.27. The minimum absolute atomic E-state index is 0.281. The molecule has 0 aliphatic carbocycles. The van der Waals surface area contributed by atoms with Crippen molar-refractivity contribution in [1.82, 2.24) is 4.90 Å². The van der Waals surface area contributed by atoms with Crippen LogP contribution in [0.3, 0.4) is 0 Å². The molecular weight excluding hydrogens is 325 g/mol. The van der Waals surface area contributed by atoms with E-state index in [0.717, 1.165) is 76.9 Å². The second kappa shape index (κ2) is 8.47. The number of carboxylic acid groups (broad SMARTS) is 1. The number of likely N-dealkylation sites (tertiary alicyclic amines) is 1. The average molecular weight is 357 g/mol. The molecule has 5 heteroatoms. The molecule has 26 heavy (non-hydrogen) atoms. The molecule has 1 aromatic carbocycles. The standard InChI is InChI=1S/C21H32BNO3/c1-2-3-11-21(22,20(24)25)18-9-12-23(13-10-18)15-17-7-4-6-16-8-5-14-26-19(16)17/h4,6-7,18H,2-3,5,8-15,22H2,1H3,(H,24,25). The number of aryl methyl sites for hydroxylation is 1. The van der Waals surface area contributed by atoms with Crippen molar-refractivity contribution in [2.24, 2.45) is 5.92 Å². The Bertz CT molecular complexity index is 628. The first-order chi connectivity index (χ1) is 12.5. The van der Waals surface area contributed by atoms with Crippen LogP contribution >= 0.6 is 0 Å². The SMILES string of the molecule is BC(CCCC)(C(=O)O)C1CCN(Cc2cccc3c2OCCC3)CC1. The third-order valence-electron chi connectivity index (χ3n) is 6.44. The van der Waals surface area contributed by atoms with Crippen LogP contribution in [0.25, 0.3) is 0 Å². The topological polar surface area (TPSA) is 49.8 Å². The van der Waals surface area contributed by atoms with Crippen LogP contribution < -0.4 is 4.74 Å². The van der Waals surface area contributed by atoms with Gasteiger partial charge in [0.05, 0.1) is 6.61 Å². The van der Waals surface area contributed by atoms with Gasteiger partial charge in [0.25, 0.3) is 0 Å². The maximum Gasteiger partial charge on any atom is 0.301 e. The predicted octanol–water partition coefficient (Wildman–Crippen LogP) is 3.29. The van der Waals surface area contributed by atoms with Crippen molar-refractivity contribution in [3.63, 3.8) is 0 Å². The van der Waals surface area contributed by atoms with Crippen LogP contribution in [-0.4, -0.2) is 43.5 Å². The Kier molecular flexibility index (Phi) is 6.28. The molecule has 1 saturated heterocycles. The second-order valence-corrected chi connectivity index (χ2v) is 8.23. The zero-order chi connectivity index (χ0) is 18.6. The molecule has 1 fully saturated rings. The summed E-state index contributed by atoms with van der Waals surface area (Å²) >= 11 is 0. The summed E-state index contributed by atoms with van der Waals surface area (Å²) in [5, 5.41) is 9.24. The normalized spacial score (nSPS) is 20.8. The lowest BCUT2D eigenvalue weighted by molar-refractivity contribution is -0.143. The molecule has 0 bridgehead atoms. The average Bonchev–Trinajstić information content (AvgIpc) is 2.67. The van der Waals surface area contributed by atoms with Gasteiger partial charge in [-0.25, -0.2) is 0 Å². The van der Waals surface area contributed by atoms with Crippen LogP contribution in [0.5, 0.6) is 5.75 Å². The van der Waals surface area contributed by atoms with Gasteiger partial charge < -0.3 is 9.84 Å². The fourth-order valence-corrected chi connectivity index (χ4v) is 4.58. The van der Waals surface area contributed by atoms with E-state index in [0.29, 0.717) is 0 Å². The molecule has 1 atom stereocenters. The summed E-state index contributed by atoms with van der Waals surface area (Å²) in [5.74, 6) is 0.762. The van der Waals surface area contributed by atoms with Gasteiger partial charge in [0.1, 0.15) is 13.6 Å². The molecule has 1 N–H and O–H groups in total. The molecule has 2 aliphatic heterocycles. The number of para-hydroxylation sites is 1.